The summed E-state index contributed by atoms with van der Waals surface area (Å²) in [5.41, 5.74) is 0.459. The molecule has 0 fully saturated rings. The average Bonchev–Trinajstić information content (AvgIpc) is 0.769. The minimum Gasteiger partial charge on any atom is -0.402 e. The predicted molar refractivity (Wildman–Crippen MR) is 311 cm³/mol. The van der Waals surface area contributed by atoms with Crippen molar-refractivity contribution < 1.29 is 191 Å². The number of para-hydroxylation sites is 3. The molecule has 0 atom stereocenters. The van der Waals surface area contributed by atoms with Gasteiger partial charge in [-0.05, 0) is 36.4 Å². The lowest BCUT2D eigenvalue weighted by Crippen LogP contribution is -2.10. The smallest absolute Gasteiger partial charge is 0.402 e. The Morgan fingerprint density at radius 3 is 0.248 bits per heavy atom. The largest absolute Gasteiger partial charge is 0.631 e. The van der Waals surface area contributed by atoms with Gasteiger partial charge in [0.1, 0.15) is 0 Å². The van der Waals surface area contributed by atoms with Gasteiger partial charge in [-0.2, -0.15) is 0 Å². The number of rotatable bonds is 4. The summed E-state index contributed by atoms with van der Waals surface area (Å²) in [6, 6.07) is 28.5. The zero-order valence-electron chi connectivity index (χ0n) is 52.9. The molecule has 0 unspecified atom stereocenters. The first-order valence-electron chi connectivity index (χ1n) is 27.9. The summed E-state index contributed by atoms with van der Waals surface area (Å²) in [5.74, 6) is -107. The zero-order chi connectivity index (χ0) is 86.6. The molecular formula is C66H24BF40N3O3. The van der Waals surface area contributed by atoms with Crippen molar-refractivity contribution in [2.45, 2.75) is 0 Å². The third-order valence-corrected chi connectivity index (χ3v) is 13.1. The third-order valence-electron chi connectivity index (χ3n) is 13.1. The molecule has 6 nitrogen and oxygen atoms in total. The molecule has 11 rings (SSSR count). The van der Waals surface area contributed by atoms with Gasteiger partial charge in [0, 0.05) is 17.1 Å². The fourth-order valence-corrected chi connectivity index (χ4v) is 7.95. The van der Waals surface area contributed by atoms with Crippen LogP contribution in [0.2, 0.25) is 0 Å². The topological polar surface area (TPSA) is 139 Å². The van der Waals surface area contributed by atoms with Gasteiger partial charge < -0.3 is 32.3 Å². The van der Waals surface area contributed by atoms with Crippen LogP contribution in [0.5, 0.6) is 0 Å². The van der Waals surface area contributed by atoms with Gasteiger partial charge in [0.15, 0.2) is 186 Å². The van der Waals surface area contributed by atoms with Crippen LogP contribution < -0.4 is 17.2 Å². The molecule has 0 spiro atoms. The molecule has 604 valence electrons. The lowest BCUT2D eigenvalue weighted by Gasteiger charge is -2.11. The predicted octanol–water partition coefficient (Wildman–Crippen LogP) is 20.7. The minimum atomic E-state index is -2.68. The van der Waals surface area contributed by atoms with E-state index in [1.165, 1.54) is 0 Å². The highest BCUT2D eigenvalue weighted by Gasteiger charge is 2.40. The van der Waals surface area contributed by atoms with E-state index in [1.54, 1.807) is 0 Å². The Morgan fingerprint density at radius 1 is 0.133 bits per heavy atom. The molecule has 0 aliphatic heterocycles. The first-order chi connectivity index (χ1) is 52.3. The molecule has 0 heterocycles. The highest BCUT2D eigenvalue weighted by molar-refractivity contribution is 6.30. The number of nitrogens with two attached hydrogens (primary N) is 3. The minimum absolute atomic E-state index is 0.822. The molecule has 0 radical (unpaired) electrons. The lowest BCUT2D eigenvalue weighted by molar-refractivity contribution is 0.278. The summed E-state index contributed by atoms with van der Waals surface area (Å²) in [5, 5.41) is 21.5. The van der Waals surface area contributed by atoms with Gasteiger partial charge >= 0.3 is 7.32 Å². The van der Waals surface area contributed by atoms with Crippen molar-refractivity contribution >= 4 is 24.4 Å². The van der Waals surface area contributed by atoms with Crippen molar-refractivity contribution in [3.8, 4) is 44.5 Å². The molecule has 0 aromatic heterocycles. The standard InChI is InChI=1S/4C12F10.3C6H7N.BH3O3/c4*13-3-1(4(14)8(18)11(21)7(3)17)2-5(15)9(19)12(22)10(20)6(2)16;3*7-6-4-2-1-3-5-6;2-1(3)4/h;;;;3*1-5H,7H2;2-4H. The highest BCUT2D eigenvalue weighted by Crippen LogP contribution is 2.43. The molecule has 11 aromatic rings. The zero-order valence-corrected chi connectivity index (χ0v) is 52.9. The van der Waals surface area contributed by atoms with Crippen molar-refractivity contribution in [3.05, 3.63) is 324 Å². The van der Waals surface area contributed by atoms with E-state index >= 15 is 0 Å². The lowest BCUT2D eigenvalue weighted by atomic mass is 10.0. The third kappa shape index (κ3) is 19.8. The van der Waals surface area contributed by atoms with E-state index in [0.29, 0.717) is 0 Å². The Labute approximate surface area is 599 Å². The molecule has 9 N–H and O–H groups in total. The summed E-state index contributed by atoms with van der Waals surface area (Å²) >= 11 is 0. The van der Waals surface area contributed by atoms with E-state index < -0.39 is 285 Å². The molecule has 0 saturated carbocycles. The van der Waals surface area contributed by atoms with Crippen molar-refractivity contribution in [2.75, 3.05) is 17.2 Å². The number of benzene rings is 11. The summed E-state index contributed by atoms with van der Waals surface area (Å²) < 4.78 is 525. The molecule has 0 bridgehead atoms. The monoisotopic (exact) mass is 1680 g/mol. The van der Waals surface area contributed by atoms with Crippen molar-refractivity contribution in [1.29, 1.82) is 0 Å². The van der Waals surface area contributed by atoms with E-state index in [4.69, 9.17) is 32.3 Å². The van der Waals surface area contributed by atoms with E-state index in [9.17, 15) is 176 Å². The van der Waals surface area contributed by atoms with Crippen LogP contribution in [0.25, 0.3) is 44.5 Å². The molecule has 0 saturated heterocycles. The normalized spacial score (nSPS) is 10.5. The van der Waals surface area contributed by atoms with Gasteiger partial charge in [-0.25, -0.2) is 176 Å². The van der Waals surface area contributed by atoms with Gasteiger partial charge in [-0.3, -0.25) is 0 Å². The van der Waals surface area contributed by atoms with Crippen molar-refractivity contribution in [2.24, 2.45) is 0 Å². The first kappa shape index (κ1) is 93.3. The van der Waals surface area contributed by atoms with E-state index in [0.717, 1.165) is 17.1 Å². The second-order valence-electron chi connectivity index (χ2n) is 20.1. The fourth-order valence-electron chi connectivity index (χ4n) is 7.95. The molecule has 113 heavy (non-hydrogen) atoms. The van der Waals surface area contributed by atoms with Gasteiger partial charge in [0.05, 0.1) is 44.5 Å². The molecule has 0 amide bonds. The Morgan fingerprint density at radius 2 is 0.195 bits per heavy atom. The van der Waals surface area contributed by atoms with Crippen LogP contribution in [0.3, 0.4) is 0 Å². The summed E-state index contributed by atoms with van der Waals surface area (Å²) in [7, 11) is -2.17. The number of anilines is 3. The van der Waals surface area contributed by atoms with Crippen LogP contribution in [0.4, 0.5) is 193 Å². The maximum Gasteiger partial charge on any atom is 0.631 e. The maximum atomic E-state index is 13.4. The summed E-state index contributed by atoms with van der Waals surface area (Å²) in [6.07, 6.45) is 0. The van der Waals surface area contributed by atoms with Crippen LogP contribution in [0.15, 0.2) is 91.0 Å². The van der Waals surface area contributed by atoms with Crippen molar-refractivity contribution in [1.82, 2.24) is 0 Å². The van der Waals surface area contributed by atoms with E-state index in [1.807, 2.05) is 91.0 Å². The Kier molecular flexibility index (Phi) is 32.0. The molecule has 0 aliphatic carbocycles. The quantitative estimate of drug-likeness (QED) is 0.0341. The van der Waals surface area contributed by atoms with Gasteiger partial charge in [0.2, 0.25) is 46.5 Å². The van der Waals surface area contributed by atoms with Crippen LogP contribution in [0, 0.1) is 233 Å². The Hall–Kier alpha value is -12.0. The number of nitrogen functional groups attached to an aromatic ring is 3. The molecule has 11 aromatic carbocycles. The molecule has 0 aliphatic rings. The van der Waals surface area contributed by atoms with Gasteiger partial charge in [-0.15, -0.1) is 0 Å². The number of hydrogen-bond donors (Lipinski definition) is 6. The van der Waals surface area contributed by atoms with Gasteiger partial charge in [-0.1, -0.05) is 54.6 Å². The van der Waals surface area contributed by atoms with Crippen LogP contribution in [-0.2, 0) is 0 Å². The first-order valence-corrected chi connectivity index (χ1v) is 27.9. The van der Waals surface area contributed by atoms with Gasteiger partial charge in [0.25, 0.3) is 0 Å². The molecule has 47 heteroatoms. The Balaban J connectivity index is 0.000000287. The average molecular weight is 1680 g/mol. The van der Waals surface area contributed by atoms with E-state index in [-0.39, 0.29) is 0 Å². The summed E-state index contributed by atoms with van der Waals surface area (Å²) in [6.45, 7) is 0. The maximum absolute atomic E-state index is 13.4. The Bertz CT molecular complexity index is 4250. The summed E-state index contributed by atoms with van der Waals surface area (Å²) in [4.78, 5) is 0. The second-order valence-corrected chi connectivity index (χ2v) is 20.1. The second kappa shape index (κ2) is 38.7. The van der Waals surface area contributed by atoms with Crippen LogP contribution in [0.1, 0.15) is 0 Å². The van der Waals surface area contributed by atoms with Crippen molar-refractivity contribution in [3.63, 3.8) is 0 Å². The SMILES string of the molecule is Fc1c(F)c(F)c(-c2c(F)c(F)c(F)c(F)c2F)c(F)c1F.Fc1c(F)c(F)c(-c2c(F)c(F)c(F)c(F)c2F)c(F)c1F.Fc1c(F)c(F)c(-c2c(F)c(F)c(F)c(F)c2F)c(F)c1F.Fc1c(F)c(F)c(-c2c(F)c(F)c(F)c(F)c2F)c(F)c1F.Nc1ccccc1.Nc1ccccc1.Nc1ccccc1.OB(O)O. The number of hydrogen-bond acceptors (Lipinski definition) is 6. The van der Waals surface area contributed by atoms with E-state index in [2.05, 4.69) is 0 Å². The number of halogens is 40. The van der Waals surface area contributed by atoms with Crippen LogP contribution >= 0.6 is 0 Å². The fraction of sp³-hybridized carbons (Fsp3) is 0. The molecular weight excluding hydrogens is 1650 g/mol. The van der Waals surface area contributed by atoms with Crippen LogP contribution in [-0.4, -0.2) is 22.4 Å². The highest BCUT2D eigenvalue weighted by atomic mass is 19.2.